The highest BCUT2D eigenvalue weighted by Gasteiger charge is 2.21. The van der Waals surface area contributed by atoms with Crippen LogP contribution in [-0.4, -0.2) is 27.7 Å². The van der Waals surface area contributed by atoms with Gasteiger partial charge < -0.3 is 10.5 Å². The number of aromatic nitrogens is 3. The Labute approximate surface area is 102 Å². The van der Waals surface area contributed by atoms with Crippen molar-refractivity contribution in [1.82, 2.24) is 14.8 Å². The quantitative estimate of drug-likeness (QED) is 0.814. The maximum absolute atomic E-state index is 13.9. The number of nitrogens with zero attached hydrogens (tertiary/aromatic N) is 3. The van der Waals surface area contributed by atoms with Crippen molar-refractivity contribution in [3.8, 4) is 5.88 Å². The number of ether oxygens (including phenoxy) is 1. The Balaban J connectivity index is 2.50. The fourth-order valence-corrected chi connectivity index (χ4v) is 1.51. The van der Waals surface area contributed by atoms with Gasteiger partial charge in [-0.2, -0.15) is 5.10 Å². The van der Waals surface area contributed by atoms with E-state index in [-0.39, 0.29) is 22.8 Å². The van der Waals surface area contributed by atoms with Crippen molar-refractivity contribution in [2.75, 3.05) is 12.8 Å². The summed E-state index contributed by atoms with van der Waals surface area (Å²) in [6.45, 7) is 0. The Bertz CT molecular complexity index is 609. The Morgan fingerprint density at radius 3 is 2.78 bits per heavy atom. The van der Waals surface area contributed by atoms with Crippen LogP contribution in [-0.2, 0) is 7.05 Å². The highest BCUT2D eigenvalue weighted by Crippen LogP contribution is 2.21. The summed E-state index contributed by atoms with van der Waals surface area (Å²) in [6, 6.07) is 1.27. The van der Waals surface area contributed by atoms with E-state index >= 15 is 0 Å². The molecule has 2 aromatic rings. The Morgan fingerprint density at radius 2 is 2.22 bits per heavy atom. The number of methoxy groups -OCH3 is 1. The molecule has 0 amide bonds. The minimum Gasteiger partial charge on any atom is -0.479 e. The van der Waals surface area contributed by atoms with E-state index in [1.165, 1.54) is 30.3 Å². The molecule has 2 N–H and O–H groups in total. The zero-order valence-corrected chi connectivity index (χ0v) is 9.85. The minimum atomic E-state index is -0.812. The molecule has 0 radical (unpaired) electrons. The molecule has 18 heavy (non-hydrogen) atoms. The monoisotopic (exact) mass is 250 g/mol. The van der Waals surface area contributed by atoms with Crippen LogP contribution in [0.2, 0.25) is 0 Å². The number of hydrogen-bond acceptors (Lipinski definition) is 5. The van der Waals surface area contributed by atoms with Crippen molar-refractivity contribution in [1.29, 1.82) is 0 Å². The molecule has 94 valence electrons. The maximum atomic E-state index is 13.9. The van der Waals surface area contributed by atoms with E-state index in [0.29, 0.717) is 0 Å². The summed E-state index contributed by atoms with van der Waals surface area (Å²) in [7, 11) is 2.87. The molecule has 2 heterocycles. The fraction of sp³-hybridized carbons (Fsp3) is 0.182. The third-order valence-electron chi connectivity index (χ3n) is 2.52. The van der Waals surface area contributed by atoms with Crippen LogP contribution in [0.15, 0.2) is 18.5 Å². The highest BCUT2D eigenvalue weighted by molar-refractivity contribution is 6.11. The van der Waals surface area contributed by atoms with Crippen molar-refractivity contribution >= 4 is 11.6 Å². The van der Waals surface area contributed by atoms with Gasteiger partial charge in [-0.05, 0) is 6.07 Å². The first-order chi connectivity index (χ1) is 8.56. The Kier molecular flexibility index (Phi) is 2.97. The number of halogens is 1. The summed E-state index contributed by atoms with van der Waals surface area (Å²) in [5.74, 6) is -1.43. The van der Waals surface area contributed by atoms with Crippen molar-refractivity contribution in [3.63, 3.8) is 0 Å². The second-order valence-electron chi connectivity index (χ2n) is 3.58. The largest absolute Gasteiger partial charge is 0.479 e. The number of ketones is 1. The van der Waals surface area contributed by atoms with Crippen molar-refractivity contribution in [2.45, 2.75) is 0 Å². The molecule has 0 atom stereocenters. The molecule has 0 fully saturated rings. The van der Waals surface area contributed by atoms with Gasteiger partial charge in [0.15, 0.2) is 5.82 Å². The number of nitrogens with two attached hydrogens (primary N) is 1. The number of hydrogen-bond donors (Lipinski definition) is 1. The van der Waals surface area contributed by atoms with Gasteiger partial charge in [-0.25, -0.2) is 9.37 Å². The summed E-state index contributed by atoms with van der Waals surface area (Å²) in [4.78, 5) is 15.8. The van der Waals surface area contributed by atoms with Crippen LogP contribution in [0.1, 0.15) is 15.9 Å². The first-order valence-electron chi connectivity index (χ1n) is 5.07. The highest BCUT2D eigenvalue weighted by atomic mass is 19.1. The zero-order valence-electron chi connectivity index (χ0n) is 9.85. The molecule has 0 saturated heterocycles. The number of rotatable bonds is 3. The maximum Gasteiger partial charge on any atom is 0.250 e. The molecule has 0 spiro atoms. The van der Waals surface area contributed by atoms with Crippen LogP contribution in [0.5, 0.6) is 5.88 Å². The second kappa shape index (κ2) is 4.44. The molecule has 0 bridgehead atoms. The zero-order chi connectivity index (χ0) is 13.3. The number of pyridine rings is 1. The molecule has 0 aliphatic heterocycles. The van der Waals surface area contributed by atoms with Crippen LogP contribution in [0, 0.1) is 5.82 Å². The first-order valence-corrected chi connectivity index (χ1v) is 5.07. The lowest BCUT2D eigenvalue weighted by atomic mass is 10.1. The van der Waals surface area contributed by atoms with E-state index in [1.807, 2.05) is 0 Å². The molecule has 7 heteroatoms. The predicted octanol–water partition coefficient (Wildman–Crippen LogP) is 0.776. The van der Waals surface area contributed by atoms with Gasteiger partial charge in [-0.3, -0.25) is 9.48 Å². The molecule has 0 aliphatic rings. The van der Waals surface area contributed by atoms with Gasteiger partial charge in [0.2, 0.25) is 5.78 Å². The topological polar surface area (TPSA) is 83.0 Å². The van der Waals surface area contributed by atoms with E-state index in [4.69, 9.17) is 10.5 Å². The third kappa shape index (κ3) is 1.79. The van der Waals surface area contributed by atoms with Gasteiger partial charge in [0, 0.05) is 13.2 Å². The SMILES string of the molecule is COc1nccc(C(=O)c2cnn(C)c2N)c1F. The van der Waals surface area contributed by atoms with E-state index in [2.05, 4.69) is 10.1 Å². The smallest absolute Gasteiger partial charge is 0.250 e. The van der Waals surface area contributed by atoms with Crippen LogP contribution in [0.3, 0.4) is 0 Å². The normalized spacial score (nSPS) is 10.4. The fourth-order valence-electron chi connectivity index (χ4n) is 1.51. The van der Waals surface area contributed by atoms with Gasteiger partial charge in [-0.1, -0.05) is 0 Å². The van der Waals surface area contributed by atoms with Gasteiger partial charge in [0.05, 0.1) is 24.4 Å². The lowest BCUT2D eigenvalue weighted by Gasteiger charge is -2.05. The molecule has 2 rings (SSSR count). The van der Waals surface area contributed by atoms with Gasteiger partial charge in [-0.15, -0.1) is 0 Å². The number of carbonyl (C=O) groups excluding carboxylic acids is 1. The average Bonchev–Trinajstić information content (AvgIpc) is 2.70. The van der Waals surface area contributed by atoms with E-state index < -0.39 is 11.6 Å². The number of nitrogen functional groups attached to an aromatic ring is 1. The molecule has 2 aromatic heterocycles. The van der Waals surface area contributed by atoms with Crippen LogP contribution >= 0.6 is 0 Å². The average molecular weight is 250 g/mol. The van der Waals surface area contributed by atoms with E-state index in [1.54, 1.807) is 7.05 Å². The molecular formula is C11H11FN4O2. The van der Waals surface area contributed by atoms with Gasteiger partial charge in [0.1, 0.15) is 5.82 Å². The Morgan fingerprint density at radius 1 is 1.50 bits per heavy atom. The van der Waals surface area contributed by atoms with Crippen molar-refractivity contribution in [3.05, 3.63) is 35.4 Å². The molecule has 0 aromatic carbocycles. The van der Waals surface area contributed by atoms with Gasteiger partial charge in [0.25, 0.3) is 5.88 Å². The summed E-state index contributed by atoms with van der Waals surface area (Å²) < 4.78 is 19.9. The predicted molar refractivity (Wildman–Crippen MR) is 61.8 cm³/mol. The molecule has 0 unspecified atom stereocenters. The summed E-state index contributed by atoms with van der Waals surface area (Å²) in [6.07, 6.45) is 2.59. The standard InChI is InChI=1S/C11H11FN4O2/c1-16-10(13)7(5-15-16)9(17)6-3-4-14-11(18-2)8(6)12/h3-5H,13H2,1-2H3. The number of aryl methyl sites for hydroxylation is 1. The van der Waals surface area contributed by atoms with E-state index in [9.17, 15) is 9.18 Å². The minimum absolute atomic E-state index is 0.143. The lowest BCUT2D eigenvalue weighted by molar-refractivity contribution is 0.103. The molecule has 0 aliphatic carbocycles. The van der Waals surface area contributed by atoms with Crippen LogP contribution in [0.25, 0.3) is 0 Å². The van der Waals surface area contributed by atoms with Crippen molar-refractivity contribution in [2.24, 2.45) is 7.05 Å². The number of anilines is 1. The molecule has 6 nitrogen and oxygen atoms in total. The first kappa shape index (κ1) is 12.0. The number of carbonyl (C=O) groups is 1. The lowest BCUT2D eigenvalue weighted by Crippen LogP contribution is -2.09. The Hall–Kier alpha value is -2.44. The van der Waals surface area contributed by atoms with Crippen molar-refractivity contribution < 1.29 is 13.9 Å². The second-order valence-corrected chi connectivity index (χ2v) is 3.58. The van der Waals surface area contributed by atoms with Crippen LogP contribution in [0.4, 0.5) is 10.2 Å². The summed E-state index contributed by atoms with van der Waals surface area (Å²) in [5.41, 5.74) is 5.66. The third-order valence-corrected chi connectivity index (χ3v) is 2.52. The van der Waals surface area contributed by atoms with Crippen LogP contribution < -0.4 is 10.5 Å². The molecular weight excluding hydrogens is 239 g/mol. The van der Waals surface area contributed by atoms with Gasteiger partial charge >= 0.3 is 0 Å². The summed E-state index contributed by atoms with van der Waals surface area (Å²) in [5, 5.41) is 3.84. The van der Waals surface area contributed by atoms with E-state index in [0.717, 1.165) is 0 Å². The molecule has 0 saturated carbocycles. The summed E-state index contributed by atoms with van der Waals surface area (Å²) >= 11 is 0.